The van der Waals surface area contributed by atoms with Crippen LogP contribution in [0, 0.1) is 0 Å². The molecule has 0 radical (unpaired) electrons. The fourth-order valence-electron chi connectivity index (χ4n) is 1.39. The van der Waals surface area contributed by atoms with Crippen molar-refractivity contribution in [3.63, 3.8) is 0 Å². The molecule has 0 unspecified atom stereocenters. The largest absolute Gasteiger partial charge is 0.476 e. The molecule has 2 rings (SSSR count). The number of esters is 1. The summed E-state index contributed by atoms with van der Waals surface area (Å²) in [6.45, 7) is 4.35. The summed E-state index contributed by atoms with van der Waals surface area (Å²) in [5.41, 5.74) is 0.231. The Balaban J connectivity index is 0.000000861. The first kappa shape index (κ1) is 15.7. The van der Waals surface area contributed by atoms with E-state index in [2.05, 4.69) is 14.7 Å². The number of hydrogen-bond acceptors (Lipinski definition) is 5. The zero-order valence-electron chi connectivity index (χ0n) is 11.5. The summed E-state index contributed by atoms with van der Waals surface area (Å²) in [5.74, 6) is 1.26. The van der Waals surface area contributed by atoms with Crippen molar-refractivity contribution in [3.8, 4) is 5.88 Å². The zero-order chi connectivity index (χ0) is 14.3. The molecule has 0 aliphatic heterocycles. The predicted molar refractivity (Wildman–Crippen MR) is 72.9 cm³/mol. The summed E-state index contributed by atoms with van der Waals surface area (Å²) in [6, 6.07) is 1.48. The van der Waals surface area contributed by atoms with Crippen molar-refractivity contribution in [1.82, 2.24) is 9.97 Å². The van der Waals surface area contributed by atoms with Gasteiger partial charge in [0.25, 0.3) is 0 Å². The summed E-state index contributed by atoms with van der Waals surface area (Å²) < 4.78 is 9.96. The van der Waals surface area contributed by atoms with Gasteiger partial charge in [0.2, 0.25) is 5.88 Å². The quantitative estimate of drug-likeness (QED) is 0.615. The van der Waals surface area contributed by atoms with Gasteiger partial charge in [-0.15, -0.1) is 11.6 Å². The summed E-state index contributed by atoms with van der Waals surface area (Å²) in [4.78, 5) is 19.9. The number of nitrogens with zero attached hydrogens (tertiary/aromatic N) is 2. The van der Waals surface area contributed by atoms with Gasteiger partial charge in [-0.3, -0.25) is 0 Å². The van der Waals surface area contributed by atoms with E-state index in [-0.39, 0.29) is 5.69 Å². The second-order valence-electron chi connectivity index (χ2n) is 3.75. The van der Waals surface area contributed by atoms with Gasteiger partial charge in [0.05, 0.1) is 13.0 Å². The molecule has 19 heavy (non-hydrogen) atoms. The SMILES string of the molecule is CC.COC(=O)c1cc(OCCCl)nc(C2CC2)n1. The van der Waals surface area contributed by atoms with Crippen LogP contribution in [-0.4, -0.2) is 35.5 Å². The maximum Gasteiger partial charge on any atom is 0.356 e. The fourth-order valence-corrected chi connectivity index (χ4v) is 1.47. The van der Waals surface area contributed by atoms with E-state index < -0.39 is 5.97 Å². The van der Waals surface area contributed by atoms with E-state index in [1.807, 2.05) is 13.8 Å². The van der Waals surface area contributed by atoms with Crippen LogP contribution >= 0.6 is 11.6 Å². The van der Waals surface area contributed by atoms with Crippen molar-refractivity contribution in [3.05, 3.63) is 17.6 Å². The molecule has 106 valence electrons. The van der Waals surface area contributed by atoms with Crippen LogP contribution < -0.4 is 4.74 Å². The van der Waals surface area contributed by atoms with E-state index in [1.165, 1.54) is 13.2 Å². The van der Waals surface area contributed by atoms with Crippen LogP contribution in [0.4, 0.5) is 0 Å². The van der Waals surface area contributed by atoms with Gasteiger partial charge in [0, 0.05) is 12.0 Å². The number of ether oxygens (including phenoxy) is 2. The van der Waals surface area contributed by atoms with Crippen molar-refractivity contribution in [2.24, 2.45) is 0 Å². The smallest absolute Gasteiger partial charge is 0.356 e. The highest BCUT2D eigenvalue weighted by atomic mass is 35.5. The minimum absolute atomic E-state index is 0.231. The summed E-state index contributed by atoms with van der Waals surface area (Å²) in [5, 5.41) is 0. The molecule has 1 fully saturated rings. The van der Waals surface area contributed by atoms with Crippen molar-refractivity contribution < 1.29 is 14.3 Å². The molecule has 0 spiro atoms. The van der Waals surface area contributed by atoms with E-state index in [1.54, 1.807) is 0 Å². The van der Waals surface area contributed by atoms with Gasteiger partial charge in [-0.05, 0) is 12.8 Å². The number of methoxy groups -OCH3 is 1. The standard InChI is InChI=1S/C11H13ClN2O3.C2H6/c1-16-11(15)8-6-9(17-5-4-12)14-10(13-8)7-2-3-7;1-2/h6-7H,2-5H2,1H3;1-2H3. The average molecular weight is 287 g/mol. The normalized spacial score (nSPS) is 13.3. The molecule has 0 saturated heterocycles. The first-order valence-corrected chi connectivity index (χ1v) is 6.94. The molecule has 1 heterocycles. The molecule has 0 aromatic carbocycles. The fraction of sp³-hybridized carbons (Fsp3) is 0.615. The molecule has 0 N–H and O–H groups in total. The molecule has 1 aromatic heterocycles. The molecular formula is C13H19ClN2O3. The van der Waals surface area contributed by atoms with E-state index in [9.17, 15) is 4.79 Å². The lowest BCUT2D eigenvalue weighted by atomic mass is 10.3. The van der Waals surface area contributed by atoms with Crippen LogP contribution in [0.3, 0.4) is 0 Å². The number of halogens is 1. The molecular weight excluding hydrogens is 268 g/mol. The van der Waals surface area contributed by atoms with Crippen molar-refractivity contribution >= 4 is 17.6 Å². The van der Waals surface area contributed by atoms with Crippen LogP contribution in [0.2, 0.25) is 0 Å². The van der Waals surface area contributed by atoms with Crippen molar-refractivity contribution in [1.29, 1.82) is 0 Å². The highest BCUT2D eigenvalue weighted by molar-refractivity contribution is 6.18. The van der Waals surface area contributed by atoms with E-state index >= 15 is 0 Å². The van der Waals surface area contributed by atoms with Gasteiger partial charge in [-0.25, -0.2) is 9.78 Å². The Labute approximate surface area is 118 Å². The Hall–Kier alpha value is -1.36. The van der Waals surface area contributed by atoms with Crippen LogP contribution in [0.1, 0.15) is 48.9 Å². The first-order valence-electron chi connectivity index (χ1n) is 6.40. The molecule has 1 aliphatic rings. The maximum atomic E-state index is 11.4. The predicted octanol–water partition coefficient (Wildman–Crippen LogP) is 2.78. The minimum Gasteiger partial charge on any atom is -0.476 e. The number of carbonyl (C=O) groups excluding carboxylic acids is 1. The highest BCUT2D eigenvalue weighted by Gasteiger charge is 2.28. The Morgan fingerprint density at radius 2 is 2.11 bits per heavy atom. The molecule has 1 aliphatic carbocycles. The molecule has 1 aromatic rings. The molecule has 6 heteroatoms. The summed E-state index contributed by atoms with van der Waals surface area (Å²) >= 11 is 5.54. The van der Waals surface area contributed by atoms with Crippen LogP contribution in [0.5, 0.6) is 5.88 Å². The van der Waals surface area contributed by atoms with Crippen molar-refractivity contribution in [2.45, 2.75) is 32.6 Å². The Morgan fingerprint density at radius 3 is 2.63 bits per heavy atom. The number of rotatable bonds is 5. The lowest BCUT2D eigenvalue weighted by Gasteiger charge is -2.07. The monoisotopic (exact) mass is 286 g/mol. The van der Waals surface area contributed by atoms with E-state index in [4.69, 9.17) is 16.3 Å². The number of hydrogen-bond donors (Lipinski definition) is 0. The van der Waals surface area contributed by atoms with E-state index in [0.717, 1.165) is 12.8 Å². The first-order chi connectivity index (χ1) is 9.24. The molecule has 0 bridgehead atoms. The lowest BCUT2D eigenvalue weighted by Crippen LogP contribution is -2.10. The molecule has 0 amide bonds. The lowest BCUT2D eigenvalue weighted by molar-refractivity contribution is 0.0592. The Kier molecular flexibility index (Phi) is 6.56. The third-order valence-corrected chi connectivity index (χ3v) is 2.54. The Morgan fingerprint density at radius 1 is 1.42 bits per heavy atom. The number of carbonyl (C=O) groups is 1. The average Bonchev–Trinajstić information content (AvgIpc) is 3.30. The molecule has 5 nitrogen and oxygen atoms in total. The second-order valence-corrected chi connectivity index (χ2v) is 4.13. The summed E-state index contributed by atoms with van der Waals surface area (Å²) in [7, 11) is 1.32. The zero-order valence-corrected chi connectivity index (χ0v) is 12.2. The van der Waals surface area contributed by atoms with Gasteiger partial charge < -0.3 is 9.47 Å². The van der Waals surface area contributed by atoms with Gasteiger partial charge >= 0.3 is 5.97 Å². The number of aromatic nitrogens is 2. The third kappa shape index (κ3) is 4.67. The number of alkyl halides is 1. The topological polar surface area (TPSA) is 61.3 Å². The van der Waals surface area contributed by atoms with Crippen LogP contribution in [0.15, 0.2) is 6.07 Å². The second kappa shape index (κ2) is 7.94. The van der Waals surface area contributed by atoms with Gasteiger partial charge in [0.1, 0.15) is 12.4 Å². The van der Waals surface area contributed by atoms with Crippen molar-refractivity contribution in [2.75, 3.05) is 19.6 Å². The van der Waals surface area contributed by atoms with Gasteiger partial charge in [-0.2, -0.15) is 4.98 Å². The van der Waals surface area contributed by atoms with Crippen LogP contribution in [-0.2, 0) is 4.74 Å². The van der Waals surface area contributed by atoms with Gasteiger partial charge in [-0.1, -0.05) is 13.8 Å². The maximum absolute atomic E-state index is 11.4. The third-order valence-electron chi connectivity index (χ3n) is 2.38. The van der Waals surface area contributed by atoms with Crippen LogP contribution in [0.25, 0.3) is 0 Å². The highest BCUT2D eigenvalue weighted by Crippen LogP contribution is 2.38. The minimum atomic E-state index is -0.481. The van der Waals surface area contributed by atoms with E-state index in [0.29, 0.717) is 30.1 Å². The summed E-state index contributed by atoms with van der Waals surface area (Å²) in [6.07, 6.45) is 2.11. The molecule has 0 atom stereocenters. The molecule has 1 saturated carbocycles. The Bertz CT molecular complexity index is 422. The van der Waals surface area contributed by atoms with Gasteiger partial charge in [0.15, 0.2) is 5.69 Å².